The summed E-state index contributed by atoms with van der Waals surface area (Å²) in [4.78, 5) is 2.78. The summed E-state index contributed by atoms with van der Waals surface area (Å²) in [5.41, 5.74) is 1.34. The van der Waals surface area contributed by atoms with E-state index in [-0.39, 0.29) is 0 Å². The van der Waals surface area contributed by atoms with Crippen molar-refractivity contribution < 1.29 is 0 Å². The number of thiophene rings is 1. The summed E-state index contributed by atoms with van der Waals surface area (Å²) in [6.45, 7) is 0. The van der Waals surface area contributed by atoms with Crippen LogP contribution in [-0.4, -0.2) is 0 Å². The van der Waals surface area contributed by atoms with Gasteiger partial charge in [-0.05, 0) is 30.4 Å². The van der Waals surface area contributed by atoms with Crippen molar-refractivity contribution in [1.82, 2.24) is 0 Å². The molecule has 0 amide bonds. The molecule has 0 atom stereocenters. The molecule has 78 valence electrons. The average Bonchev–Trinajstić information content (AvgIpc) is 3.01. The molecule has 0 spiro atoms. The highest BCUT2D eigenvalue weighted by Gasteiger charge is 2.05. The molecule has 0 N–H and O–H groups in total. The van der Waals surface area contributed by atoms with Crippen LogP contribution < -0.4 is 0 Å². The minimum absolute atomic E-state index is 1.34. The largest absolute Gasteiger partial charge is 0.143 e. The summed E-state index contributed by atoms with van der Waals surface area (Å²) in [6, 6.07) is 17.2. The summed E-state index contributed by atoms with van der Waals surface area (Å²) in [6.07, 6.45) is 0. The third kappa shape index (κ3) is 1.97. The van der Waals surface area contributed by atoms with Crippen LogP contribution in [0.15, 0.2) is 53.9 Å². The van der Waals surface area contributed by atoms with E-state index < -0.39 is 0 Å². The lowest BCUT2D eigenvalue weighted by Gasteiger charge is -1.94. The predicted molar refractivity (Wildman–Crippen MR) is 75.6 cm³/mol. The summed E-state index contributed by atoms with van der Waals surface area (Å²) >= 11 is 1.81. The van der Waals surface area contributed by atoms with Crippen molar-refractivity contribution in [2.45, 2.75) is 0 Å². The summed E-state index contributed by atoms with van der Waals surface area (Å²) in [7, 11) is 3.26. The van der Waals surface area contributed by atoms with E-state index >= 15 is 0 Å². The van der Waals surface area contributed by atoms with E-state index in [9.17, 15) is 0 Å². The fraction of sp³-hybridized carbons (Fsp3) is 0. The van der Waals surface area contributed by atoms with Crippen molar-refractivity contribution in [3.63, 3.8) is 0 Å². The lowest BCUT2D eigenvalue weighted by molar-refractivity contribution is 1.70. The van der Waals surface area contributed by atoms with Gasteiger partial charge in [0.15, 0.2) is 0 Å². The van der Waals surface area contributed by atoms with Gasteiger partial charge in [0.2, 0.25) is 0 Å². The van der Waals surface area contributed by atoms with Crippen LogP contribution in [0.4, 0.5) is 0 Å². The zero-order chi connectivity index (χ0) is 10.8. The first-order valence-electron chi connectivity index (χ1n) is 4.99. The normalized spacial score (nSPS) is 11.0. The Bertz CT molecular complexity index is 567. The fourth-order valence-corrected chi connectivity index (χ4v) is 5.21. The molecule has 0 bridgehead atoms. The number of hydrogen-bond acceptors (Lipinski definition) is 2. The second-order valence-corrected chi connectivity index (χ2v) is 6.75. The summed E-state index contributed by atoms with van der Waals surface area (Å²) in [5.74, 6) is 0. The van der Waals surface area contributed by atoms with E-state index in [0.717, 1.165) is 0 Å². The van der Waals surface area contributed by atoms with E-state index in [2.05, 4.69) is 53.9 Å². The molecule has 0 unspecified atom stereocenters. The summed E-state index contributed by atoms with van der Waals surface area (Å²) in [5, 5.41) is 3.54. The predicted octanol–water partition coefficient (Wildman–Crippen LogP) is 5.72. The van der Waals surface area contributed by atoms with Crippen LogP contribution in [0.25, 0.3) is 20.6 Å². The maximum absolute atomic E-state index is 2.31. The van der Waals surface area contributed by atoms with Crippen molar-refractivity contribution in [2.24, 2.45) is 0 Å². The van der Waals surface area contributed by atoms with Crippen LogP contribution in [0.5, 0.6) is 0 Å². The fourth-order valence-electron chi connectivity index (χ4n) is 1.56. The van der Waals surface area contributed by atoms with E-state index in [1.54, 1.807) is 0 Å². The minimum Gasteiger partial charge on any atom is -0.143 e. The van der Waals surface area contributed by atoms with Gasteiger partial charge in [-0.2, -0.15) is 0 Å². The number of hydrogen-bond donors (Lipinski definition) is 0. The Morgan fingerprint density at radius 1 is 0.875 bits per heavy atom. The molecule has 0 fully saturated rings. The Hall–Kier alpha value is -0.950. The standard InChI is InChI=1S/C13H9PS2/c1-2-5-10(6-3-1)11-9-13(16-14-11)12-7-4-8-15-12/h1-9H. The second-order valence-electron chi connectivity index (χ2n) is 3.42. The third-order valence-electron chi connectivity index (χ3n) is 2.34. The lowest BCUT2D eigenvalue weighted by Crippen LogP contribution is -1.68. The molecule has 3 aromatic rings. The van der Waals surface area contributed by atoms with Crippen molar-refractivity contribution in [3.8, 4) is 20.6 Å². The molecule has 0 saturated heterocycles. The second kappa shape index (κ2) is 4.50. The maximum Gasteiger partial charge on any atom is 0.0499 e. The van der Waals surface area contributed by atoms with Gasteiger partial charge in [0.05, 0.1) is 0 Å². The molecule has 1 aromatic carbocycles. The molecule has 2 heterocycles. The van der Waals surface area contributed by atoms with Crippen LogP contribution in [0.2, 0.25) is 0 Å². The van der Waals surface area contributed by atoms with Gasteiger partial charge < -0.3 is 0 Å². The Balaban J connectivity index is 2.00. The van der Waals surface area contributed by atoms with Gasteiger partial charge in [-0.3, -0.25) is 0 Å². The highest BCUT2D eigenvalue weighted by molar-refractivity contribution is 7.83. The highest BCUT2D eigenvalue weighted by atomic mass is 32.5. The Kier molecular flexibility index (Phi) is 2.88. The van der Waals surface area contributed by atoms with Crippen LogP contribution in [-0.2, 0) is 0 Å². The first-order valence-corrected chi connectivity index (χ1v) is 8.19. The van der Waals surface area contributed by atoms with E-state index in [1.807, 2.05) is 22.3 Å². The third-order valence-corrected chi connectivity index (χ3v) is 6.04. The van der Waals surface area contributed by atoms with Crippen molar-refractivity contribution >= 4 is 29.7 Å². The molecule has 2 aromatic heterocycles. The summed E-state index contributed by atoms with van der Waals surface area (Å²) < 4.78 is 0. The molecule has 0 aliphatic heterocycles. The van der Waals surface area contributed by atoms with Crippen molar-refractivity contribution in [1.29, 1.82) is 0 Å². The topological polar surface area (TPSA) is 0 Å². The number of rotatable bonds is 2. The van der Waals surface area contributed by atoms with Gasteiger partial charge in [-0.1, -0.05) is 36.4 Å². The number of benzene rings is 1. The molecule has 0 aliphatic rings. The average molecular weight is 260 g/mol. The van der Waals surface area contributed by atoms with Gasteiger partial charge in [0.25, 0.3) is 0 Å². The van der Waals surface area contributed by atoms with Crippen molar-refractivity contribution in [3.05, 3.63) is 53.9 Å². The lowest BCUT2D eigenvalue weighted by atomic mass is 10.2. The highest BCUT2D eigenvalue weighted by Crippen LogP contribution is 2.42. The Morgan fingerprint density at radius 2 is 1.75 bits per heavy atom. The molecule has 0 radical (unpaired) electrons. The maximum atomic E-state index is 2.31. The van der Waals surface area contributed by atoms with E-state index in [1.165, 1.54) is 28.0 Å². The van der Waals surface area contributed by atoms with Gasteiger partial charge in [-0.15, -0.1) is 22.3 Å². The zero-order valence-corrected chi connectivity index (χ0v) is 11.0. The monoisotopic (exact) mass is 260 g/mol. The molecule has 3 heteroatoms. The molecule has 3 rings (SSSR count). The first-order chi connectivity index (χ1) is 7.93. The SMILES string of the molecule is c1ccc(-c2cc(-c3cccs3)sp2)cc1. The van der Waals surface area contributed by atoms with E-state index in [4.69, 9.17) is 0 Å². The molecule has 0 aliphatic carbocycles. The van der Waals surface area contributed by atoms with Gasteiger partial charge >= 0.3 is 0 Å². The molecular formula is C13H9PS2. The van der Waals surface area contributed by atoms with Crippen LogP contribution in [0.1, 0.15) is 0 Å². The zero-order valence-electron chi connectivity index (χ0n) is 8.46. The smallest absolute Gasteiger partial charge is 0.0499 e. The van der Waals surface area contributed by atoms with Gasteiger partial charge in [-0.25, -0.2) is 0 Å². The van der Waals surface area contributed by atoms with Gasteiger partial charge in [0.1, 0.15) is 0 Å². The molecular weight excluding hydrogens is 251 g/mol. The van der Waals surface area contributed by atoms with Crippen molar-refractivity contribution in [2.75, 3.05) is 0 Å². The van der Waals surface area contributed by atoms with E-state index in [0.29, 0.717) is 0 Å². The van der Waals surface area contributed by atoms with Crippen LogP contribution >= 0.6 is 29.7 Å². The Labute approximate surface area is 104 Å². The molecule has 0 saturated carbocycles. The van der Waals surface area contributed by atoms with Gasteiger partial charge in [0, 0.05) is 15.0 Å². The van der Waals surface area contributed by atoms with Crippen LogP contribution in [0, 0.1) is 0 Å². The Morgan fingerprint density at radius 3 is 2.50 bits per heavy atom. The van der Waals surface area contributed by atoms with Crippen LogP contribution in [0.3, 0.4) is 0 Å². The first kappa shape index (κ1) is 10.2. The molecule has 0 nitrogen and oxygen atoms in total. The minimum atomic E-state index is 1.34. The molecule has 16 heavy (non-hydrogen) atoms. The quantitative estimate of drug-likeness (QED) is 0.552.